The molecule has 0 spiro atoms. The standard InChI is InChI=1S/C41H32Cl2N2.BF4/c1-3-25-24-35-39-30(13-9-15-32(39)41(25)43)34(44-35)21-18-27-16-17-28(38(27)26-10-6-5-7-11-26)19-22-36-31-14-8-12-29-33(42)20-23-37(40(29)31)45(36)4-2;2-1(3,4)5/h5-15,18-24H,3-4,16-17H2,1-2H3;/q;-1/p+1. The molecule has 0 fully saturated rings. The van der Waals surface area contributed by atoms with E-state index in [1.165, 1.54) is 61.0 Å². The van der Waals surface area contributed by atoms with Crippen molar-refractivity contribution >= 4 is 86.0 Å². The molecule has 0 unspecified atom stereocenters. The van der Waals surface area contributed by atoms with E-state index in [4.69, 9.17) is 23.2 Å². The molecule has 0 bridgehead atoms. The van der Waals surface area contributed by atoms with Crippen LogP contribution in [0.2, 0.25) is 10.0 Å². The number of nitrogens with one attached hydrogen (secondary N) is 1. The van der Waals surface area contributed by atoms with Crippen molar-refractivity contribution in [2.24, 2.45) is 0 Å². The number of halogens is 6. The SMILES string of the molecule is CCc1cc2[nH]c(=CC=C3CCC(C=CC4=[N+](CC)c5ccc(Cl)c6cccc4c56)=C3c3ccccc3)c3cccc(c1Cl)c23.F[B-](F)(F)F. The van der Waals surface area contributed by atoms with Gasteiger partial charge in [0.2, 0.25) is 11.4 Å². The van der Waals surface area contributed by atoms with Crippen molar-refractivity contribution in [1.82, 2.24) is 4.98 Å². The first-order valence-corrected chi connectivity index (χ1v) is 17.5. The fourth-order valence-corrected chi connectivity index (χ4v) is 7.98. The van der Waals surface area contributed by atoms with E-state index >= 15 is 0 Å². The number of hydrogen-bond acceptors (Lipinski definition) is 0. The summed E-state index contributed by atoms with van der Waals surface area (Å²) >= 11 is 13.4. The Bertz CT molecular complexity index is 2470. The molecule has 1 aliphatic heterocycles. The van der Waals surface area contributed by atoms with Gasteiger partial charge in [0, 0.05) is 49.6 Å². The number of H-pyrrole nitrogens is 1. The first-order chi connectivity index (χ1) is 24.1. The Morgan fingerprint density at radius 1 is 0.780 bits per heavy atom. The van der Waals surface area contributed by atoms with E-state index in [-0.39, 0.29) is 0 Å². The molecule has 2 aliphatic rings. The van der Waals surface area contributed by atoms with Gasteiger partial charge in [-0.2, -0.15) is 4.58 Å². The van der Waals surface area contributed by atoms with Gasteiger partial charge < -0.3 is 22.2 Å². The number of hydrogen-bond donors (Lipinski definition) is 1. The molecule has 9 heteroatoms. The van der Waals surface area contributed by atoms with Crippen molar-refractivity contribution in [2.75, 3.05) is 6.54 Å². The van der Waals surface area contributed by atoms with Crippen molar-refractivity contribution in [3.05, 3.63) is 146 Å². The Morgan fingerprint density at radius 3 is 2.24 bits per heavy atom. The fraction of sp³-hybridized carbons (Fsp3) is 0.146. The van der Waals surface area contributed by atoms with Crippen molar-refractivity contribution < 1.29 is 21.8 Å². The molecule has 1 N–H and O–H groups in total. The van der Waals surface area contributed by atoms with Gasteiger partial charge in [0.25, 0.3) is 0 Å². The lowest BCUT2D eigenvalue weighted by molar-refractivity contribution is -0.430. The summed E-state index contributed by atoms with van der Waals surface area (Å²) in [6.07, 6.45) is 12.1. The third kappa shape index (κ3) is 6.29. The van der Waals surface area contributed by atoms with E-state index < -0.39 is 7.25 Å². The molecule has 1 aliphatic carbocycles. The molecule has 6 aromatic rings. The molecule has 8 rings (SSSR count). The van der Waals surface area contributed by atoms with E-state index in [2.05, 4.69) is 127 Å². The number of aromatic nitrogens is 1. The summed E-state index contributed by atoms with van der Waals surface area (Å²) in [5, 5.41) is 8.69. The smallest absolute Gasteiger partial charge is 0.418 e. The summed E-state index contributed by atoms with van der Waals surface area (Å²) in [5.41, 5.74) is 11.3. The molecule has 0 saturated carbocycles. The summed E-state index contributed by atoms with van der Waals surface area (Å²) in [4.78, 5) is 3.71. The van der Waals surface area contributed by atoms with Crippen LogP contribution >= 0.6 is 23.2 Å². The van der Waals surface area contributed by atoms with E-state index in [0.717, 1.165) is 57.5 Å². The molecule has 50 heavy (non-hydrogen) atoms. The van der Waals surface area contributed by atoms with Gasteiger partial charge in [0.1, 0.15) is 6.54 Å². The van der Waals surface area contributed by atoms with Crippen molar-refractivity contribution in [3.8, 4) is 0 Å². The first-order valence-electron chi connectivity index (χ1n) is 16.7. The Labute approximate surface area is 297 Å². The summed E-state index contributed by atoms with van der Waals surface area (Å²) < 4.78 is 41.4. The Morgan fingerprint density at radius 2 is 1.50 bits per heavy atom. The number of allylic oxidation sites excluding steroid dienone is 6. The van der Waals surface area contributed by atoms with Gasteiger partial charge in [-0.1, -0.05) is 103 Å². The van der Waals surface area contributed by atoms with E-state index in [1.54, 1.807) is 0 Å². The maximum atomic E-state index is 9.75. The number of aryl methyl sites for hydroxylation is 1. The summed E-state index contributed by atoms with van der Waals surface area (Å²) in [6.45, 7) is 5.26. The molecule has 0 atom stereocenters. The zero-order valence-corrected chi connectivity index (χ0v) is 29.0. The average Bonchev–Trinajstić information content (AvgIpc) is 3.77. The second-order valence-corrected chi connectivity index (χ2v) is 13.2. The Kier molecular flexibility index (Phi) is 9.23. The highest BCUT2D eigenvalue weighted by atomic mass is 35.5. The van der Waals surface area contributed by atoms with Crippen LogP contribution in [0.5, 0.6) is 0 Å². The third-order valence-electron chi connectivity index (χ3n) is 9.51. The fourth-order valence-electron chi connectivity index (χ4n) is 7.42. The van der Waals surface area contributed by atoms with Crippen LogP contribution in [0.1, 0.15) is 43.4 Å². The van der Waals surface area contributed by atoms with Crippen molar-refractivity contribution in [3.63, 3.8) is 0 Å². The van der Waals surface area contributed by atoms with Crippen molar-refractivity contribution in [2.45, 2.75) is 33.1 Å². The van der Waals surface area contributed by atoms with Crippen LogP contribution in [0, 0.1) is 0 Å². The second-order valence-electron chi connectivity index (χ2n) is 12.4. The molecule has 2 nitrogen and oxygen atoms in total. The first kappa shape index (κ1) is 33.9. The Hall–Kier alpha value is -4.59. The number of nitrogens with zero attached hydrogens (tertiary/aromatic N) is 1. The topological polar surface area (TPSA) is 18.8 Å². The average molecular weight is 711 g/mol. The molecule has 2 heterocycles. The van der Waals surface area contributed by atoms with Crippen LogP contribution in [-0.2, 0) is 6.42 Å². The lowest BCUT2D eigenvalue weighted by Crippen LogP contribution is -2.11. The summed E-state index contributed by atoms with van der Waals surface area (Å²) in [6, 6.07) is 30.1. The monoisotopic (exact) mass is 710 g/mol. The zero-order chi connectivity index (χ0) is 35.2. The van der Waals surface area contributed by atoms with Gasteiger partial charge in [0.05, 0.1) is 16.0 Å². The molecule has 5 aromatic carbocycles. The third-order valence-corrected chi connectivity index (χ3v) is 10.3. The molecule has 0 amide bonds. The van der Waals surface area contributed by atoms with Crippen LogP contribution in [0.25, 0.3) is 44.1 Å². The quantitative estimate of drug-likeness (QED) is 0.101. The summed E-state index contributed by atoms with van der Waals surface area (Å²) in [5.74, 6) is 0. The zero-order valence-electron chi connectivity index (χ0n) is 27.5. The number of rotatable bonds is 6. The Balaban J connectivity index is 0.000000734. The van der Waals surface area contributed by atoms with Gasteiger partial charge >= 0.3 is 7.25 Å². The lowest BCUT2D eigenvalue weighted by Gasteiger charge is -2.07. The largest absolute Gasteiger partial charge is 0.673 e. The predicted molar refractivity (Wildman–Crippen MR) is 203 cm³/mol. The summed E-state index contributed by atoms with van der Waals surface area (Å²) in [7, 11) is -6.00. The molecule has 252 valence electrons. The normalized spacial score (nSPS) is 15.9. The van der Waals surface area contributed by atoms with Crippen molar-refractivity contribution in [1.29, 1.82) is 0 Å². The minimum atomic E-state index is -6.00. The van der Waals surface area contributed by atoms with E-state index in [0.29, 0.717) is 0 Å². The van der Waals surface area contributed by atoms with Crippen LogP contribution < -0.4 is 5.35 Å². The van der Waals surface area contributed by atoms with E-state index in [1.807, 2.05) is 6.07 Å². The number of aromatic amines is 1. The van der Waals surface area contributed by atoms with Gasteiger partial charge in [0.15, 0.2) is 0 Å². The van der Waals surface area contributed by atoms with Gasteiger partial charge in [-0.25, -0.2) is 0 Å². The van der Waals surface area contributed by atoms with E-state index in [9.17, 15) is 17.3 Å². The van der Waals surface area contributed by atoms with Crippen LogP contribution in [0.15, 0.2) is 114 Å². The molecule has 0 radical (unpaired) electrons. The van der Waals surface area contributed by atoms with Gasteiger partial charge in [-0.05, 0) is 78.3 Å². The molecule has 0 saturated heterocycles. The maximum absolute atomic E-state index is 9.75. The highest BCUT2D eigenvalue weighted by Gasteiger charge is 2.30. The molecule has 1 aromatic heterocycles. The molecular formula is C41H33BCl2F4N2. The maximum Gasteiger partial charge on any atom is 0.673 e. The van der Waals surface area contributed by atoms with Crippen LogP contribution in [0.3, 0.4) is 0 Å². The second kappa shape index (κ2) is 13.6. The minimum absolute atomic E-state index is 0.802. The lowest BCUT2D eigenvalue weighted by atomic mass is 9.97. The van der Waals surface area contributed by atoms with Gasteiger partial charge in [-0.15, -0.1) is 0 Å². The number of benzene rings is 5. The van der Waals surface area contributed by atoms with Crippen LogP contribution in [-0.4, -0.2) is 29.1 Å². The highest BCUT2D eigenvalue weighted by Crippen LogP contribution is 2.42. The highest BCUT2D eigenvalue weighted by molar-refractivity contribution is 6.50. The molecular weight excluding hydrogens is 678 g/mol. The predicted octanol–water partition coefficient (Wildman–Crippen LogP) is 12.0. The minimum Gasteiger partial charge on any atom is -0.418 e. The van der Waals surface area contributed by atoms with Gasteiger partial charge in [-0.3, -0.25) is 0 Å². The van der Waals surface area contributed by atoms with Crippen LogP contribution in [0.4, 0.5) is 23.0 Å².